The number of hydrogen-bond acceptors (Lipinski definition) is 3. The van der Waals surface area contributed by atoms with Crippen LogP contribution in [0.1, 0.15) is 10.5 Å². The SMILES string of the molecule is COC(=O)c1[nH]cc2c1c1c3ccccc3[nH]c1c1[nH]c3cc(O)ccc3c21. The second-order valence-electron chi connectivity index (χ2n) is 6.97. The zero-order chi connectivity index (χ0) is 19.0. The average Bonchev–Trinajstić information content (AvgIpc) is 3.39. The van der Waals surface area contributed by atoms with Gasteiger partial charge in [0.25, 0.3) is 0 Å². The van der Waals surface area contributed by atoms with Gasteiger partial charge in [0.2, 0.25) is 0 Å². The van der Waals surface area contributed by atoms with Crippen LogP contribution < -0.4 is 0 Å². The highest BCUT2D eigenvalue weighted by atomic mass is 16.5. The van der Waals surface area contributed by atoms with Gasteiger partial charge < -0.3 is 24.8 Å². The van der Waals surface area contributed by atoms with Crippen molar-refractivity contribution in [1.29, 1.82) is 0 Å². The molecule has 0 saturated heterocycles. The number of phenolic OH excluding ortho intramolecular Hbond substituents is 1. The summed E-state index contributed by atoms with van der Waals surface area (Å²) in [6.45, 7) is 0. The minimum Gasteiger partial charge on any atom is -0.508 e. The van der Waals surface area contributed by atoms with E-state index in [1.807, 2.05) is 36.5 Å². The zero-order valence-electron chi connectivity index (χ0n) is 14.9. The van der Waals surface area contributed by atoms with Gasteiger partial charge in [-0.15, -0.1) is 0 Å². The van der Waals surface area contributed by atoms with Crippen LogP contribution in [-0.4, -0.2) is 33.1 Å². The van der Waals surface area contributed by atoms with Gasteiger partial charge in [0, 0.05) is 50.1 Å². The number of rotatable bonds is 1. The maximum Gasteiger partial charge on any atom is 0.355 e. The average molecular weight is 369 g/mol. The van der Waals surface area contributed by atoms with Crippen molar-refractivity contribution < 1.29 is 14.6 Å². The normalized spacial score (nSPS) is 12.0. The van der Waals surface area contributed by atoms with Gasteiger partial charge in [-0.1, -0.05) is 18.2 Å². The molecule has 3 aromatic carbocycles. The zero-order valence-corrected chi connectivity index (χ0v) is 14.9. The number of para-hydroxylation sites is 1. The molecule has 0 saturated carbocycles. The summed E-state index contributed by atoms with van der Waals surface area (Å²) in [6, 6.07) is 13.3. The van der Waals surface area contributed by atoms with Crippen LogP contribution in [-0.2, 0) is 4.74 Å². The lowest BCUT2D eigenvalue weighted by Gasteiger charge is -2.03. The third kappa shape index (κ3) is 1.74. The molecule has 4 N–H and O–H groups in total. The van der Waals surface area contributed by atoms with E-state index in [2.05, 4.69) is 15.0 Å². The number of hydrogen-bond donors (Lipinski definition) is 4. The van der Waals surface area contributed by atoms with Gasteiger partial charge in [0.05, 0.1) is 23.7 Å². The van der Waals surface area contributed by atoms with Gasteiger partial charge in [-0.05, 0) is 18.2 Å². The molecule has 0 aliphatic heterocycles. The molecule has 0 unspecified atom stereocenters. The summed E-state index contributed by atoms with van der Waals surface area (Å²) in [5.74, 6) is -0.203. The van der Waals surface area contributed by atoms with Crippen molar-refractivity contribution in [3.63, 3.8) is 0 Å². The Bertz CT molecular complexity index is 1580. The minimum absolute atomic E-state index is 0.201. The first-order valence-electron chi connectivity index (χ1n) is 8.93. The van der Waals surface area contributed by atoms with E-state index in [4.69, 9.17) is 4.74 Å². The standard InChI is InChI=1S/C22H15N3O3/c1-28-22(27)21-18-13(9-23-21)16-12-7-6-10(26)8-15(12)25-19(16)20-17(18)11-4-2-3-5-14(11)24-20/h2-9,23-26H,1H3. The van der Waals surface area contributed by atoms with E-state index in [1.165, 1.54) is 7.11 Å². The summed E-state index contributed by atoms with van der Waals surface area (Å²) in [5, 5.41) is 15.7. The van der Waals surface area contributed by atoms with Crippen LogP contribution in [0.5, 0.6) is 5.75 Å². The second-order valence-corrected chi connectivity index (χ2v) is 6.97. The molecule has 0 spiro atoms. The smallest absolute Gasteiger partial charge is 0.355 e. The molecular weight excluding hydrogens is 354 g/mol. The molecule has 0 amide bonds. The van der Waals surface area contributed by atoms with Crippen molar-refractivity contribution in [3.05, 3.63) is 54.4 Å². The summed E-state index contributed by atoms with van der Waals surface area (Å²) in [6.07, 6.45) is 1.85. The maximum atomic E-state index is 12.5. The van der Waals surface area contributed by atoms with Gasteiger partial charge in [-0.2, -0.15) is 0 Å². The molecule has 0 radical (unpaired) electrons. The van der Waals surface area contributed by atoms with E-state index in [-0.39, 0.29) is 5.75 Å². The first kappa shape index (κ1) is 15.2. The number of nitrogens with one attached hydrogen (secondary N) is 3. The van der Waals surface area contributed by atoms with Crippen molar-refractivity contribution >= 4 is 60.4 Å². The largest absolute Gasteiger partial charge is 0.508 e. The van der Waals surface area contributed by atoms with Gasteiger partial charge in [0.15, 0.2) is 0 Å². The number of aromatic nitrogens is 3. The summed E-state index contributed by atoms with van der Waals surface area (Å²) in [7, 11) is 1.38. The highest BCUT2D eigenvalue weighted by molar-refractivity contribution is 6.37. The fourth-order valence-corrected chi connectivity index (χ4v) is 4.39. The van der Waals surface area contributed by atoms with E-state index in [0.717, 1.165) is 54.4 Å². The number of H-pyrrole nitrogens is 3. The van der Waals surface area contributed by atoms with Crippen LogP contribution in [0.2, 0.25) is 0 Å². The van der Waals surface area contributed by atoms with E-state index >= 15 is 0 Å². The first-order chi connectivity index (χ1) is 13.7. The lowest BCUT2D eigenvalue weighted by molar-refractivity contribution is 0.0597. The Hall–Kier alpha value is -3.93. The van der Waals surface area contributed by atoms with Gasteiger partial charge >= 0.3 is 5.97 Å². The Labute approximate surface area is 157 Å². The number of ether oxygens (including phenoxy) is 1. The number of esters is 1. The Morgan fingerprint density at radius 3 is 2.50 bits per heavy atom. The fourth-order valence-electron chi connectivity index (χ4n) is 4.39. The molecule has 6 nitrogen and oxygen atoms in total. The Morgan fingerprint density at radius 2 is 1.64 bits per heavy atom. The number of carbonyl (C=O) groups is 1. The number of aromatic hydroxyl groups is 1. The molecule has 0 atom stereocenters. The highest BCUT2D eigenvalue weighted by Gasteiger charge is 2.23. The van der Waals surface area contributed by atoms with Crippen LogP contribution in [0.15, 0.2) is 48.7 Å². The lowest BCUT2D eigenvalue weighted by Crippen LogP contribution is -2.01. The van der Waals surface area contributed by atoms with Crippen molar-refractivity contribution in [3.8, 4) is 5.75 Å². The topological polar surface area (TPSA) is 93.9 Å². The van der Waals surface area contributed by atoms with Crippen LogP contribution in [0.25, 0.3) is 54.4 Å². The van der Waals surface area contributed by atoms with Crippen LogP contribution >= 0.6 is 0 Å². The number of phenols is 1. The van der Waals surface area contributed by atoms with Crippen molar-refractivity contribution in [2.45, 2.75) is 0 Å². The Morgan fingerprint density at radius 1 is 0.893 bits per heavy atom. The van der Waals surface area contributed by atoms with Crippen molar-refractivity contribution in [2.24, 2.45) is 0 Å². The molecule has 136 valence electrons. The maximum absolute atomic E-state index is 12.5. The fraction of sp³-hybridized carbons (Fsp3) is 0.0455. The number of aromatic amines is 3. The minimum atomic E-state index is -0.404. The predicted octanol–water partition coefficient (Wildman–Crippen LogP) is 4.93. The summed E-state index contributed by atoms with van der Waals surface area (Å²) >= 11 is 0. The quantitative estimate of drug-likeness (QED) is 0.310. The number of carbonyl (C=O) groups excluding carboxylic acids is 1. The molecule has 3 aromatic heterocycles. The lowest BCUT2D eigenvalue weighted by atomic mass is 10.0. The molecular formula is C22H15N3O3. The van der Waals surface area contributed by atoms with Crippen molar-refractivity contribution in [2.75, 3.05) is 7.11 Å². The molecule has 28 heavy (non-hydrogen) atoms. The second kappa shape index (κ2) is 5.07. The van der Waals surface area contributed by atoms with E-state index in [9.17, 15) is 9.90 Å². The Kier molecular flexibility index (Phi) is 2.75. The predicted molar refractivity (Wildman–Crippen MR) is 110 cm³/mol. The summed E-state index contributed by atoms with van der Waals surface area (Å²) < 4.78 is 5.02. The molecule has 0 bridgehead atoms. The molecule has 0 aliphatic rings. The third-order valence-corrected chi connectivity index (χ3v) is 5.53. The first-order valence-corrected chi connectivity index (χ1v) is 8.93. The van der Waals surface area contributed by atoms with Gasteiger partial charge in [0.1, 0.15) is 11.4 Å². The molecule has 0 fully saturated rings. The van der Waals surface area contributed by atoms with Crippen molar-refractivity contribution in [1.82, 2.24) is 15.0 Å². The molecule has 0 aliphatic carbocycles. The van der Waals surface area contributed by atoms with Gasteiger partial charge in [-0.3, -0.25) is 0 Å². The highest BCUT2D eigenvalue weighted by Crippen LogP contribution is 2.43. The van der Waals surface area contributed by atoms with E-state index in [1.54, 1.807) is 12.1 Å². The summed E-state index contributed by atoms with van der Waals surface area (Å²) in [5.41, 5.74) is 4.12. The third-order valence-electron chi connectivity index (χ3n) is 5.53. The molecule has 3 heterocycles. The monoisotopic (exact) mass is 369 g/mol. The summed E-state index contributed by atoms with van der Waals surface area (Å²) in [4.78, 5) is 22.5. The molecule has 6 rings (SSSR count). The molecule has 6 heteroatoms. The van der Waals surface area contributed by atoms with Crippen LogP contribution in [0.3, 0.4) is 0 Å². The Balaban J connectivity index is 1.98. The number of benzene rings is 3. The number of fused-ring (bicyclic) bond motifs is 10. The van der Waals surface area contributed by atoms with Crippen LogP contribution in [0.4, 0.5) is 0 Å². The van der Waals surface area contributed by atoms with Gasteiger partial charge in [-0.25, -0.2) is 4.79 Å². The van der Waals surface area contributed by atoms with E-state index < -0.39 is 5.97 Å². The number of methoxy groups -OCH3 is 1. The van der Waals surface area contributed by atoms with Crippen LogP contribution in [0, 0.1) is 0 Å². The molecule has 6 aromatic rings. The van der Waals surface area contributed by atoms with E-state index in [0.29, 0.717) is 5.69 Å².